The van der Waals surface area contributed by atoms with Gasteiger partial charge in [0.1, 0.15) is 42.7 Å². The summed E-state index contributed by atoms with van der Waals surface area (Å²) in [5.74, 6) is 0.389. The topological polar surface area (TPSA) is 260 Å². The summed E-state index contributed by atoms with van der Waals surface area (Å²) >= 11 is 0. The molecule has 4 aliphatic rings. The molecule has 4 fully saturated rings. The van der Waals surface area contributed by atoms with E-state index in [1.807, 2.05) is 20.8 Å². The van der Waals surface area contributed by atoms with Gasteiger partial charge in [-0.2, -0.15) is 0 Å². The first kappa shape index (κ1) is 49.7. The number of phosphoric acid groups is 4. The highest BCUT2D eigenvalue weighted by atomic mass is 31.2. The summed E-state index contributed by atoms with van der Waals surface area (Å²) in [6, 6.07) is 0. The minimum atomic E-state index is -4.98. The first-order valence-corrected chi connectivity index (χ1v) is 25.1. The van der Waals surface area contributed by atoms with Crippen LogP contribution in [-0.2, 0) is 73.4 Å². The monoisotopic (exact) mass is 902 g/mol. The Hall–Kier alpha value is 0.0200. The smallest absolute Gasteiger partial charge is 0.373 e. The third-order valence-corrected chi connectivity index (χ3v) is 14.0. The molecule has 0 bridgehead atoms. The van der Waals surface area contributed by atoms with Gasteiger partial charge in [-0.25, -0.2) is 18.3 Å². The number of hydrogen-bond acceptors (Lipinski definition) is 16. The maximum Gasteiger partial charge on any atom is 0.473 e. The number of rotatable bonds is 21. The average molecular weight is 903 g/mol. The van der Waals surface area contributed by atoms with Crippen molar-refractivity contribution in [2.75, 3.05) is 19.8 Å². The maximum atomic E-state index is 13.4. The van der Waals surface area contributed by atoms with Crippen LogP contribution in [0, 0.1) is 11.8 Å². The molecule has 0 spiro atoms. The lowest BCUT2D eigenvalue weighted by Crippen LogP contribution is -2.37. The van der Waals surface area contributed by atoms with Gasteiger partial charge in [-0.1, -0.05) is 19.9 Å². The normalized spacial score (nSPS) is 38.4. The molecule has 24 heteroatoms. The van der Waals surface area contributed by atoms with Crippen molar-refractivity contribution in [1.82, 2.24) is 0 Å². The Morgan fingerprint density at radius 1 is 0.632 bits per heavy atom. The van der Waals surface area contributed by atoms with Crippen molar-refractivity contribution in [2.24, 2.45) is 11.8 Å². The Balaban J connectivity index is 1.32. The summed E-state index contributed by atoms with van der Waals surface area (Å²) in [6.45, 7) is 18.1. The van der Waals surface area contributed by atoms with Gasteiger partial charge in [0, 0.05) is 19.3 Å². The van der Waals surface area contributed by atoms with Gasteiger partial charge in [-0.05, 0) is 66.7 Å². The number of ether oxygens (including phenoxy) is 4. The van der Waals surface area contributed by atoms with E-state index >= 15 is 0 Å². The van der Waals surface area contributed by atoms with E-state index in [1.165, 1.54) is 6.08 Å². The number of hydrogen-bond donors (Lipinski definition) is 4. The highest BCUT2D eigenvalue weighted by molar-refractivity contribution is 7.48. The molecule has 0 aromatic rings. The fraction of sp³-hybridized carbons (Fsp3) is 0.939. The van der Waals surface area contributed by atoms with E-state index in [1.54, 1.807) is 41.5 Å². The van der Waals surface area contributed by atoms with Crippen molar-refractivity contribution in [2.45, 2.75) is 167 Å². The van der Waals surface area contributed by atoms with E-state index in [4.69, 9.17) is 55.1 Å². The van der Waals surface area contributed by atoms with Gasteiger partial charge < -0.3 is 38.5 Å². The summed E-state index contributed by atoms with van der Waals surface area (Å²) < 4.78 is 118. The maximum absolute atomic E-state index is 13.4. The molecule has 0 saturated carbocycles. The molecule has 0 amide bonds. The lowest BCUT2D eigenvalue weighted by molar-refractivity contribution is -0.0574. The van der Waals surface area contributed by atoms with Crippen LogP contribution in [0.15, 0.2) is 12.7 Å². The predicted molar refractivity (Wildman–Crippen MR) is 202 cm³/mol. The van der Waals surface area contributed by atoms with Crippen molar-refractivity contribution in [1.29, 1.82) is 0 Å². The molecule has 57 heavy (non-hydrogen) atoms. The Morgan fingerprint density at radius 3 is 1.53 bits per heavy atom. The van der Waals surface area contributed by atoms with E-state index in [9.17, 15) is 37.8 Å². The van der Waals surface area contributed by atoms with Gasteiger partial charge in [-0.15, -0.1) is 6.58 Å². The van der Waals surface area contributed by atoms with Crippen LogP contribution < -0.4 is 0 Å². The Labute approximate surface area is 334 Å². The van der Waals surface area contributed by atoms with Crippen molar-refractivity contribution in [3.63, 3.8) is 0 Å². The van der Waals surface area contributed by atoms with E-state index in [0.717, 1.165) is 6.42 Å². The van der Waals surface area contributed by atoms with Crippen LogP contribution in [0.5, 0.6) is 0 Å². The van der Waals surface area contributed by atoms with E-state index in [-0.39, 0.29) is 43.8 Å². The van der Waals surface area contributed by atoms with Crippen LogP contribution in [-0.4, -0.2) is 118 Å². The molecule has 17 atom stereocenters. The van der Waals surface area contributed by atoms with E-state index in [0.29, 0.717) is 0 Å². The van der Waals surface area contributed by atoms with E-state index < -0.39 is 117 Å². The van der Waals surface area contributed by atoms with Crippen molar-refractivity contribution >= 4 is 31.3 Å². The molecule has 9 unspecified atom stereocenters. The summed E-state index contributed by atoms with van der Waals surface area (Å²) in [6.07, 6.45) is -7.70. The Bertz CT molecular complexity index is 1530. The molecular formula is C33H62O20P4. The molecule has 4 rings (SSSR count). The molecule has 20 nitrogen and oxygen atoms in total. The molecule has 4 N–H and O–H groups in total. The van der Waals surface area contributed by atoms with Gasteiger partial charge in [0.05, 0.1) is 55.9 Å². The second kappa shape index (κ2) is 20.0. The summed E-state index contributed by atoms with van der Waals surface area (Å²) in [4.78, 5) is 42.2. The third-order valence-electron chi connectivity index (χ3n) is 9.65. The summed E-state index contributed by atoms with van der Waals surface area (Å²) in [7, 11) is -19.0. The summed E-state index contributed by atoms with van der Waals surface area (Å²) in [5.41, 5.74) is -0.991. The fourth-order valence-corrected chi connectivity index (χ4v) is 11.5. The highest BCUT2D eigenvalue weighted by Gasteiger charge is 2.48. The van der Waals surface area contributed by atoms with Crippen LogP contribution in [0.25, 0.3) is 0 Å². The molecule has 0 aliphatic carbocycles. The zero-order chi connectivity index (χ0) is 42.7. The average Bonchev–Trinajstić information content (AvgIpc) is 3.80. The van der Waals surface area contributed by atoms with Crippen LogP contribution in [0.2, 0.25) is 0 Å². The molecule has 4 aliphatic heterocycles. The van der Waals surface area contributed by atoms with Crippen molar-refractivity contribution < 1.29 is 93.0 Å². The third kappa shape index (κ3) is 15.7. The van der Waals surface area contributed by atoms with Crippen LogP contribution in [0.4, 0.5) is 0 Å². The van der Waals surface area contributed by atoms with Crippen LogP contribution in [0.1, 0.15) is 88.0 Å². The first-order chi connectivity index (χ1) is 26.2. The largest absolute Gasteiger partial charge is 0.473 e. The molecule has 0 aromatic heterocycles. The second-order valence-corrected chi connectivity index (χ2v) is 22.0. The van der Waals surface area contributed by atoms with Crippen LogP contribution in [0.3, 0.4) is 0 Å². The second-order valence-electron chi connectivity index (χ2n) is 16.4. The summed E-state index contributed by atoms with van der Waals surface area (Å²) in [5, 5.41) is 0. The zero-order valence-electron chi connectivity index (χ0n) is 33.9. The van der Waals surface area contributed by atoms with Gasteiger partial charge in [0.2, 0.25) is 0 Å². The SMILES string of the molecule is C=CC(OP(=O)(O)OC1C[C@H](C)O[C@@H]1COP(=O)(O)OC1C[C@H](C)O[C@@H]1COP(=O)(O)OC(C)(C)C)[C@H]1O[C@@H](C)CC1OP(=O)(O)OC[C@H]1O[C@@H](C)CC1C(C)C. The quantitative estimate of drug-likeness (QED) is 0.0765. The molecule has 4 saturated heterocycles. The molecule has 0 aromatic carbocycles. The van der Waals surface area contributed by atoms with Crippen LogP contribution >= 0.6 is 31.3 Å². The molecule has 4 heterocycles. The fourth-order valence-electron chi connectivity index (χ4n) is 7.34. The predicted octanol–water partition coefficient (Wildman–Crippen LogP) is 5.96. The standard InChI is InChI=1S/C33H62O20P4/c1-11-25(32-28(15-23(7)48-32)52-55(36,37)42-16-29-24(19(2)3)12-20(4)45-29)49-57(40,41)51-27-14-22(6)46-30(27)17-43-54(34,35)50-26-13-21(5)47-31(26)18-44-56(38,39)53-33(8,9)10/h11,19-32H,1,12-18H2,2-10H3,(H,34,35)(H,36,37)(H,38,39)(H,40,41)/t20-,21-,22-,23-,24?,25?,26?,27?,28?,29+,30+,31+,32+/m0/s1. The zero-order valence-corrected chi connectivity index (χ0v) is 37.5. The van der Waals surface area contributed by atoms with E-state index in [2.05, 4.69) is 6.58 Å². The molecule has 334 valence electrons. The van der Waals surface area contributed by atoms with Gasteiger partial charge in [-0.3, -0.25) is 36.2 Å². The minimum Gasteiger partial charge on any atom is -0.373 e. The number of phosphoric ester groups is 4. The lowest BCUT2D eigenvalue weighted by atomic mass is 9.88. The Morgan fingerprint density at radius 2 is 1.04 bits per heavy atom. The van der Waals surface area contributed by atoms with Crippen molar-refractivity contribution in [3.8, 4) is 0 Å². The minimum absolute atomic E-state index is 0.0270. The van der Waals surface area contributed by atoms with Gasteiger partial charge in [0.25, 0.3) is 0 Å². The van der Waals surface area contributed by atoms with Gasteiger partial charge >= 0.3 is 31.3 Å². The molecule has 0 radical (unpaired) electrons. The molecular weight excluding hydrogens is 840 g/mol. The highest BCUT2D eigenvalue weighted by Crippen LogP contribution is 2.54. The lowest BCUT2D eigenvalue weighted by Gasteiger charge is -2.29. The Kier molecular flexibility index (Phi) is 17.5. The van der Waals surface area contributed by atoms with Crippen molar-refractivity contribution in [3.05, 3.63) is 12.7 Å². The van der Waals surface area contributed by atoms with Gasteiger partial charge in [0.15, 0.2) is 0 Å². The first-order valence-electron chi connectivity index (χ1n) is 19.1.